The second kappa shape index (κ2) is 8.04. The number of ether oxygens (including phenoxy) is 1. The Balaban J connectivity index is 1.65. The SMILES string of the molecule is COc1cc(C(=O)NCc2cccc(C(=O)N3CCCC3)c2)ccc1C. The van der Waals surface area contributed by atoms with Crippen LogP contribution < -0.4 is 10.1 Å². The van der Waals surface area contributed by atoms with Crippen LogP contribution in [0.3, 0.4) is 0 Å². The molecule has 0 aromatic heterocycles. The summed E-state index contributed by atoms with van der Waals surface area (Å²) in [6, 6.07) is 12.8. The van der Waals surface area contributed by atoms with Crippen molar-refractivity contribution in [1.82, 2.24) is 10.2 Å². The number of carbonyl (C=O) groups excluding carboxylic acids is 2. The number of methoxy groups -OCH3 is 1. The number of rotatable bonds is 5. The Labute approximate surface area is 154 Å². The van der Waals surface area contributed by atoms with E-state index in [0.717, 1.165) is 37.1 Å². The van der Waals surface area contributed by atoms with Gasteiger partial charge in [0.15, 0.2) is 0 Å². The van der Waals surface area contributed by atoms with Crippen molar-refractivity contribution < 1.29 is 14.3 Å². The minimum Gasteiger partial charge on any atom is -0.496 e. The molecule has 0 radical (unpaired) electrons. The largest absolute Gasteiger partial charge is 0.496 e. The average Bonchev–Trinajstić information content (AvgIpc) is 3.21. The zero-order chi connectivity index (χ0) is 18.5. The van der Waals surface area contributed by atoms with Gasteiger partial charge in [-0.05, 0) is 55.2 Å². The van der Waals surface area contributed by atoms with Gasteiger partial charge in [0.1, 0.15) is 5.75 Å². The topological polar surface area (TPSA) is 58.6 Å². The first-order valence-corrected chi connectivity index (χ1v) is 8.89. The van der Waals surface area contributed by atoms with Crippen molar-refractivity contribution in [2.24, 2.45) is 0 Å². The van der Waals surface area contributed by atoms with Gasteiger partial charge in [-0.1, -0.05) is 18.2 Å². The van der Waals surface area contributed by atoms with E-state index in [1.165, 1.54) is 0 Å². The Bertz CT molecular complexity index is 811. The quantitative estimate of drug-likeness (QED) is 0.899. The van der Waals surface area contributed by atoms with E-state index in [1.54, 1.807) is 19.2 Å². The third-order valence-corrected chi connectivity index (χ3v) is 4.69. The molecule has 0 aliphatic carbocycles. The molecule has 5 heteroatoms. The fourth-order valence-corrected chi connectivity index (χ4v) is 3.16. The lowest BCUT2D eigenvalue weighted by Gasteiger charge is -2.15. The van der Waals surface area contributed by atoms with E-state index < -0.39 is 0 Å². The second-order valence-electron chi connectivity index (χ2n) is 6.57. The van der Waals surface area contributed by atoms with Gasteiger partial charge in [-0.15, -0.1) is 0 Å². The molecular weight excluding hydrogens is 328 g/mol. The highest BCUT2D eigenvalue weighted by atomic mass is 16.5. The first-order valence-electron chi connectivity index (χ1n) is 8.89. The van der Waals surface area contributed by atoms with Crippen molar-refractivity contribution in [3.05, 3.63) is 64.7 Å². The number of nitrogens with zero attached hydrogens (tertiary/aromatic N) is 1. The molecule has 1 fully saturated rings. The molecule has 1 N–H and O–H groups in total. The molecular formula is C21H24N2O3. The number of benzene rings is 2. The molecule has 26 heavy (non-hydrogen) atoms. The monoisotopic (exact) mass is 352 g/mol. The van der Waals surface area contributed by atoms with E-state index in [-0.39, 0.29) is 11.8 Å². The Kier molecular flexibility index (Phi) is 5.56. The number of carbonyl (C=O) groups is 2. The van der Waals surface area contributed by atoms with E-state index in [0.29, 0.717) is 23.4 Å². The predicted octanol–water partition coefficient (Wildman–Crippen LogP) is 3.17. The summed E-state index contributed by atoms with van der Waals surface area (Å²) in [7, 11) is 1.59. The first kappa shape index (κ1) is 18.0. The molecule has 1 aliphatic heterocycles. The van der Waals surface area contributed by atoms with E-state index in [9.17, 15) is 9.59 Å². The molecule has 1 saturated heterocycles. The molecule has 0 spiro atoms. The minimum atomic E-state index is -0.167. The molecule has 2 aromatic carbocycles. The molecule has 0 atom stereocenters. The van der Waals surface area contributed by atoms with Gasteiger partial charge in [0.05, 0.1) is 7.11 Å². The van der Waals surface area contributed by atoms with Crippen LogP contribution in [-0.4, -0.2) is 36.9 Å². The van der Waals surface area contributed by atoms with Gasteiger partial charge in [-0.2, -0.15) is 0 Å². The van der Waals surface area contributed by atoms with Crippen molar-refractivity contribution in [1.29, 1.82) is 0 Å². The van der Waals surface area contributed by atoms with Gasteiger partial charge in [0.25, 0.3) is 11.8 Å². The molecule has 2 aromatic rings. The maximum Gasteiger partial charge on any atom is 0.253 e. The fourth-order valence-electron chi connectivity index (χ4n) is 3.16. The summed E-state index contributed by atoms with van der Waals surface area (Å²) in [4.78, 5) is 26.8. The summed E-state index contributed by atoms with van der Waals surface area (Å²) in [6.45, 7) is 3.96. The van der Waals surface area contributed by atoms with Gasteiger partial charge >= 0.3 is 0 Å². The van der Waals surface area contributed by atoms with Crippen LogP contribution in [0, 0.1) is 6.92 Å². The van der Waals surface area contributed by atoms with E-state index >= 15 is 0 Å². The molecule has 0 saturated carbocycles. The van der Waals surface area contributed by atoms with Crippen LogP contribution >= 0.6 is 0 Å². The maximum absolute atomic E-state index is 12.5. The summed E-state index contributed by atoms with van der Waals surface area (Å²) in [5.74, 6) is 0.592. The van der Waals surface area contributed by atoms with Crippen LogP contribution in [0.5, 0.6) is 5.75 Å². The van der Waals surface area contributed by atoms with Gasteiger partial charge in [0, 0.05) is 30.8 Å². The number of aryl methyl sites for hydroxylation is 1. The molecule has 1 aliphatic rings. The predicted molar refractivity (Wildman–Crippen MR) is 100 cm³/mol. The third kappa shape index (κ3) is 4.04. The van der Waals surface area contributed by atoms with Crippen LogP contribution in [0.25, 0.3) is 0 Å². The van der Waals surface area contributed by atoms with Crippen molar-refractivity contribution in [2.75, 3.05) is 20.2 Å². The third-order valence-electron chi connectivity index (χ3n) is 4.69. The fraction of sp³-hybridized carbons (Fsp3) is 0.333. The number of likely N-dealkylation sites (tertiary alicyclic amines) is 1. The Morgan fingerprint density at radius 3 is 2.58 bits per heavy atom. The minimum absolute atomic E-state index is 0.0685. The zero-order valence-corrected chi connectivity index (χ0v) is 15.2. The summed E-state index contributed by atoms with van der Waals surface area (Å²) >= 11 is 0. The number of hydrogen-bond donors (Lipinski definition) is 1. The molecule has 2 amide bonds. The van der Waals surface area contributed by atoms with E-state index in [2.05, 4.69) is 5.32 Å². The highest BCUT2D eigenvalue weighted by Gasteiger charge is 2.19. The van der Waals surface area contributed by atoms with Gasteiger partial charge < -0.3 is 15.0 Å². The summed E-state index contributed by atoms with van der Waals surface area (Å²) < 4.78 is 5.27. The highest BCUT2D eigenvalue weighted by molar-refractivity contribution is 5.95. The molecule has 1 heterocycles. The Morgan fingerprint density at radius 1 is 1.08 bits per heavy atom. The van der Waals surface area contributed by atoms with Gasteiger partial charge in [-0.3, -0.25) is 9.59 Å². The Morgan fingerprint density at radius 2 is 1.85 bits per heavy atom. The van der Waals surface area contributed by atoms with Crippen LogP contribution in [0.4, 0.5) is 0 Å². The molecule has 3 rings (SSSR count). The number of hydrogen-bond acceptors (Lipinski definition) is 3. The van der Waals surface area contributed by atoms with Crippen LogP contribution in [0.1, 0.15) is 44.7 Å². The van der Waals surface area contributed by atoms with Crippen LogP contribution in [-0.2, 0) is 6.54 Å². The van der Waals surface area contributed by atoms with Crippen molar-refractivity contribution in [3.8, 4) is 5.75 Å². The molecule has 0 unspecified atom stereocenters. The molecule has 0 bridgehead atoms. The lowest BCUT2D eigenvalue weighted by Crippen LogP contribution is -2.28. The molecule has 136 valence electrons. The van der Waals surface area contributed by atoms with Gasteiger partial charge in [-0.25, -0.2) is 0 Å². The summed E-state index contributed by atoms with van der Waals surface area (Å²) in [6.07, 6.45) is 2.14. The van der Waals surface area contributed by atoms with Crippen molar-refractivity contribution in [2.45, 2.75) is 26.3 Å². The lowest BCUT2D eigenvalue weighted by molar-refractivity contribution is 0.0792. The Hall–Kier alpha value is -2.82. The lowest BCUT2D eigenvalue weighted by atomic mass is 10.1. The summed E-state index contributed by atoms with van der Waals surface area (Å²) in [5.41, 5.74) is 3.12. The highest BCUT2D eigenvalue weighted by Crippen LogP contribution is 2.19. The van der Waals surface area contributed by atoms with E-state index in [1.807, 2.05) is 42.2 Å². The standard InChI is InChI=1S/C21H24N2O3/c1-15-8-9-17(13-19(15)26-2)20(24)22-14-16-6-5-7-18(12-16)21(25)23-10-3-4-11-23/h5-9,12-13H,3-4,10-11,14H2,1-2H3,(H,22,24). The van der Waals surface area contributed by atoms with Crippen LogP contribution in [0.15, 0.2) is 42.5 Å². The average molecular weight is 352 g/mol. The maximum atomic E-state index is 12.5. The normalized spacial score (nSPS) is 13.5. The smallest absolute Gasteiger partial charge is 0.253 e. The van der Waals surface area contributed by atoms with E-state index in [4.69, 9.17) is 4.74 Å². The number of amides is 2. The van der Waals surface area contributed by atoms with Crippen molar-refractivity contribution in [3.63, 3.8) is 0 Å². The van der Waals surface area contributed by atoms with Crippen LogP contribution in [0.2, 0.25) is 0 Å². The number of nitrogens with one attached hydrogen (secondary N) is 1. The van der Waals surface area contributed by atoms with Crippen molar-refractivity contribution >= 4 is 11.8 Å². The molecule has 5 nitrogen and oxygen atoms in total. The first-order chi connectivity index (χ1) is 12.6. The second-order valence-corrected chi connectivity index (χ2v) is 6.57. The summed E-state index contributed by atoms with van der Waals surface area (Å²) in [5, 5.41) is 2.90. The zero-order valence-electron chi connectivity index (χ0n) is 15.2. The van der Waals surface area contributed by atoms with Gasteiger partial charge in [0.2, 0.25) is 0 Å².